The predicted molar refractivity (Wildman–Crippen MR) is 122 cm³/mol. The number of halogens is 1. The number of ether oxygens (including phenoxy) is 3. The number of carbonyl (C=O) groups excluding carboxylic acids is 2. The van der Waals surface area contributed by atoms with E-state index in [2.05, 4.69) is 4.90 Å². The van der Waals surface area contributed by atoms with Gasteiger partial charge in [-0.2, -0.15) is 0 Å². The van der Waals surface area contributed by atoms with E-state index in [0.29, 0.717) is 36.8 Å². The van der Waals surface area contributed by atoms with Crippen LogP contribution in [0, 0.1) is 5.82 Å². The van der Waals surface area contributed by atoms with Crippen molar-refractivity contribution in [3.8, 4) is 11.5 Å². The summed E-state index contributed by atoms with van der Waals surface area (Å²) in [6.45, 7) is 3.47. The van der Waals surface area contributed by atoms with Crippen molar-refractivity contribution in [2.24, 2.45) is 0 Å². The lowest BCUT2D eigenvalue weighted by Crippen LogP contribution is -2.42. The molecule has 1 N–H and O–H groups in total. The second-order valence-electron chi connectivity index (χ2n) is 8.06. The minimum atomic E-state index is -0.906. The number of amides is 1. The first-order valence-electron chi connectivity index (χ1n) is 11.0. The molecule has 2 fully saturated rings. The third kappa shape index (κ3) is 4.62. The summed E-state index contributed by atoms with van der Waals surface area (Å²) in [7, 11) is 3.00. The van der Waals surface area contributed by atoms with Crippen LogP contribution < -0.4 is 9.47 Å². The van der Waals surface area contributed by atoms with E-state index in [1.54, 1.807) is 18.2 Å². The molecule has 4 rings (SSSR count). The Hall–Kier alpha value is -3.43. The SMILES string of the molecule is COc1ccc(OC)c(C2C(=C(O)c3ccc(F)cc3)C(=O)C(=O)N2CCN2CCOCC2)c1. The van der Waals surface area contributed by atoms with E-state index in [1.807, 2.05) is 0 Å². The maximum atomic E-state index is 13.5. The molecular formula is C25H27FN2O6. The Morgan fingerprint density at radius 3 is 2.41 bits per heavy atom. The molecule has 0 bridgehead atoms. The summed E-state index contributed by atoms with van der Waals surface area (Å²) < 4.78 is 29.7. The summed E-state index contributed by atoms with van der Waals surface area (Å²) in [4.78, 5) is 30.0. The Morgan fingerprint density at radius 1 is 1.06 bits per heavy atom. The van der Waals surface area contributed by atoms with Gasteiger partial charge in [0.25, 0.3) is 11.7 Å². The fourth-order valence-corrected chi connectivity index (χ4v) is 4.32. The van der Waals surface area contributed by atoms with Gasteiger partial charge in [0.1, 0.15) is 23.1 Å². The molecule has 9 heteroatoms. The van der Waals surface area contributed by atoms with Gasteiger partial charge in [-0.1, -0.05) is 0 Å². The standard InChI is InChI=1S/C25H27FN2O6/c1-32-18-7-8-20(33-2)19(15-18)22-21(23(29)16-3-5-17(26)6-4-16)24(30)25(31)28(22)10-9-27-11-13-34-14-12-27/h3-8,15,22,29H,9-14H2,1-2H3. The molecule has 2 aromatic rings. The quantitative estimate of drug-likeness (QED) is 0.378. The van der Waals surface area contributed by atoms with Gasteiger partial charge in [0.05, 0.1) is 39.0 Å². The molecule has 1 unspecified atom stereocenters. The molecule has 0 aromatic heterocycles. The summed E-state index contributed by atoms with van der Waals surface area (Å²) in [5.74, 6) is -1.42. The summed E-state index contributed by atoms with van der Waals surface area (Å²) >= 11 is 0. The van der Waals surface area contributed by atoms with E-state index in [9.17, 15) is 19.1 Å². The van der Waals surface area contributed by atoms with Gasteiger partial charge in [-0.05, 0) is 42.5 Å². The van der Waals surface area contributed by atoms with Crippen molar-refractivity contribution in [1.82, 2.24) is 9.80 Å². The first-order chi connectivity index (χ1) is 16.4. The third-order valence-electron chi connectivity index (χ3n) is 6.15. The van der Waals surface area contributed by atoms with Gasteiger partial charge in [-0.25, -0.2) is 4.39 Å². The Balaban J connectivity index is 1.81. The van der Waals surface area contributed by atoms with Gasteiger partial charge in [0.2, 0.25) is 0 Å². The molecule has 34 heavy (non-hydrogen) atoms. The van der Waals surface area contributed by atoms with Crippen LogP contribution in [0.4, 0.5) is 4.39 Å². The topological polar surface area (TPSA) is 88.5 Å². The highest BCUT2D eigenvalue weighted by atomic mass is 19.1. The zero-order valence-corrected chi connectivity index (χ0v) is 19.1. The van der Waals surface area contributed by atoms with Crippen LogP contribution in [-0.2, 0) is 14.3 Å². The van der Waals surface area contributed by atoms with Crippen molar-refractivity contribution in [3.05, 3.63) is 65.0 Å². The van der Waals surface area contributed by atoms with E-state index in [-0.39, 0.29) is 23.4 Å². The number of hydrogen-bond donors (Lipinski definition) is 1. The largest absolute Gasteiger partial charge is 0.507 e. The molecule has 180 valence electrons. The first-order valence-corrected chi connectivity index (χ1v) is 11.0. The van der Waals surface area contributed by atoms with Crippen LogP contribution in [0.3, 0.4) is 0 Å². The number of likely N-dealkylation sites (tertiary alicyclic amines) is 1. The molecule has 2 saturated heterocycles. The van der Waals surface area contributed by atoms with E-state index in [0.717, 1.165) is 13.1 Å². The molecule has 1 atom stereocenters. The normalized spacial score (nSPS) is 20.6. The molecule has 2 aromatic carbocycles. The smallest absolute Gasteiger partial charge is 0.295 e. The van der Waals surface area contributed by atoms with E-state index in [4.69, 9.17) is 14.2 Å². The van der Waals surface area contributed by atoms with Crippen LogP contribution >= 0.6 is 0 Å². The van der Waals surface area contributed by atoms with Gasteiger partial charge in [0.15, 0.2) is 0 Å². The molecule has 0 saturated carbocycles. The monoisotopic (exact) mass is 470 g/mol. The van der Waals surface area contributed by atoms with Gasteiger partial charge < -0.3 is 24.2 Å². The molecule has 0 spiro atoms. The summed E-state index contributed by atoms with van der Waals surface area (Å²) in [5.41, 5.74) is 0.663. The number of carbonyl (C=O) groups is 2. The third-order valence-corrected chi connectivity index (χ3v) is 6.15. The minimum absolute atomic E-state index is 0.0786. The summed E-state index contributed by atoms with van der Waals surface area (Å²) in [5, 5.41) is 11.1. The number of Topliss-reactive ketones (excluding diaryl/α,β-unsaturated/α-hetero) is 1. The molecule has 2 aliphatic rings. The van der Waals surface area contributed by atoms with Crippen LogP contribution in [0.15, 0.2) is 48.0 Å². The Bertz CT molecular complexity index is 1100. The van der Waals surface area contributed by atoms with Crippen molar-refractivity contribution >= 4 is 17.4 Å². The number of rotatable bonds is 7. The lowest BCUT2D eigenvalue weighted by atomic mass is 9.94. The highest BCUT2D eigenvalue weighted by molar-refractivity contribution is 6.46. The van der Waals surface area contributed by atoms with Crippen LogP contribution in [0.5, 0.6) is 11.5 Å². The maximum absolute atomic E-state index is 13.5. The molecule has 2 heterocycles. The van der Waals surface area contributed by atoms with E-state index < -0.39 is 23.5 Å². The lowest BCUT2D eigenvalue weighted by molar-refractivity contribution is -0.140. The Labute approximate surface area is 197 Å². The fraction of sp³-hybridized carbons (Fsp3) is 0.360. The van der Waals surface area contributed by atoms with Crippen molar-refractivity contribution in [2.75, 3.05) is 53.6 Å². The number of ketones is 1. The van der Waals surface area contributed by atoms with Crippen molar-refractivity contribution in [3.63, 3.8) is 0 Å². The van der Waals surface area contributed by atoms with Gasteiger partial charge in [-0.3, -0.25) is 14.5 Å². The Morgan fingerprint density at radius 2 is 1.76 bits per heavy atom. The van der Waals surface area contributed by atoms with E-state index >= 15 is 0 Å². The zero-order valence-electron chi connectivity index (χ0n) is 19.1. The molecule has 2 aliphatic heterocycles. The van der Waals surface area contributed by atoms with Gasteiger partial charge in [0, 0.05) is 37.3 Å². The molecule has 0 aliphatic carbocycles. The van der Waals surface area contributed by atoms with Crippen molar-refractivity contribution in [2.45, 2.75) is 6.04 Å². The highest BCUT2D eigenvalue weighted by Crippen LogP contribution is 2.43. The van der Waals surface area contributed by atoms with Crippen molar-refractivity contribution < 1.29 is 33.3 Å². The number of aliphatic hydroxyl groups is 1. The van der Waals surface area contributed by atoms with Crippen LogP contribution in [-0.4, -0.2) is 80.2 Å². The maximum Gasteiger partial charge on any atom is 0.295 e. The molecular weight excluding hydrogens is 443 g/mol. The van der Waals surface area contributed by atoms with Gasteiger partial charge in [-0.15, -0.1) is 0 Å². The zero-order chi connectivity index (χ0) is 24.2. The van der Waals surface area contributed by atoms with Crippen LogP contribution in [0.25, 0.3) is 5.76 Å². The number of nitrogens with zero attached hydrogens (tertiary/aromatic N) is 2. The summed E-state index contributed by atoms with van der Waals surface area (Å²) in [6, 6.07) is 9.29. The first kappa shape index (κ1) is 23.7. The Kier molecular flexibility index (Phi) is 7.14. The fourth-order valence-electron chi connectivity index (χ4n) is 4.32. The minimum Gasteiger partial charge on any atom is -0.507 e. The predicted octanol–water partition coefficient (Wildman–Crippen LogP) is 2.60. The number of morpholine rings is 1. The lowest BCUT2D eigenvalue weighted by Gasteiger charge is -2.31. The molecule has 0 radical (unpaired) electrons. The second kappa shape index (κ2) is 10.2. The second-order valence-corrected chi connectivity index (χ2v) is 8.06. The average molecular weight is 470 g/mol. The highest BCUT2D eigenvalue weighted by Gasteiger charge is 2.47. The average Bonchev–Trinajstić information content (AvgIpc) is 3.12. The molecule has 1 amide bonds. The summed E-state index contributed by atoms with van der Waals surface area (Å²) in [6.07, 6.45) is 0. The number of methoxy groups -OCH3 is 2. The van der Waals surface area contributed by atoms with Crippen molar-refractivity contribution in [1.29, 1.82) is 0 Å². The number of hydrogen-bond acceptors (Lipinski definition) is 7. The van der Waals surface area contributed by atoms with E-state index in [1.165, 1.54) is 43.4 Å². The van der Waals surface area contributed by atoms with Gasteiger partial charge >= 0.3 is 0 Å². The molecule has 8 nitrogen and oxygen atoms in total. The number of aliphatic hydroxyl groups excluding tert-OH is 1. The number of benzene rings is 2. The van der Waals surface area contributed by atoms with Crippen LogP contribution in [0.2, 0.25) is 0 Å². The van der Waals surface area contributed by atoms with Crippen LogP contribution in [0.1, 0.15) is 17.2 Å².